The second-order valence-electron chi connectivity index (χ2n) is 4.55. The summed E-state index contributed by atoms with van der Waals surface area (Å²) in [6.45, 7) is 3.03. The molecule has 0 aliphatic carbocycles. The van der Waals surface area contributed by atoms with E-state index >= 15 is 0 Å². The Morgan fingerprint density at radius 2 is 1.46 bits per heavy atom. The Labute approximate surface area is 161 Å². The van der Waals surface area contributed by atoms with E-state index in [0.29, 0.717) is 45.6 Å². The molecule has 0 heterocycles. The molecule has 5 N–H and O–H groups in total. The van der Waals surface area contributed by atoms with Crippen LogP contribution in [0.2, 0.25) is 0 Å². The first-order valence-corrected chi connectivity index (χ1v) is 7.23. The van der Waals surface area contributed by atoms with Gasteiger partial charge in [-0.1, -0.05) is 0 Å². The van der Waals surface area contributed by atoms with Crippen molar-refractivity contribution < 1.29 is 19.5 Å². The minimum atomic E-state index is -0.773. The number of carboxylic acids is 1. The standard InChI is InChI=1S/C13H26N4O4.3ClH/c18-11-16-8-9-17-12(19)4-1-2-6-14-10-15-7-3-5-13(20)21;;;/h11,14-15H,1-10H2,(H,16,18)(H,17,19)(H,20,21);3*1H. The quantitative estimate of drug-likeness (QED) is 0.150. The monoisotopic (exact) mass is 410 g/mol. The molecule has 0 aliphatic heterocycles. The molecule has 0 bridgehead atoms. The SMILES string of the molecule is Cl.Cl.Cl.O=CNCCNC(=O)CCCCNCNCCCC(=O)O. The molecule has 0 aliphatic rings. The van der Waals surface area contributed by atoms with Gasteiger partial charge in [-0.15, -0.1) is 37.2 Å². The van der Waals surface area contributed by atoms with Gasteiger partial charge in [0.15, 0.2) is 0 Å². The number of carbonyl (C=O) groups excluding carboxylic acids is 2. The molecular formula is C13H29Cl3N4O4. The van der Waals surface area contributed by atoms with E-state index in [0.717, 1.165) is 19.4 Å². The lowest BCUT2D eigenvalue weighted by molar-refractivity contribution is -0.137. The van der Waals surface area contributed by atoms with Gasteiger partial charge in [0.2, 0.25) is 12.3 Å². The van der Waals surface area contributed by atoms with Gasteiger partial charge in [0.1, 0.15) is 0 Å². The number of rotatable bonds is 15. The Morgan fingerprint density at radius 3 is 2.04 bits per heavy atom. The van der Waals surface area contributed by atoms with Crippen molar-refractivity contribution in [2.45, 2.75) is 32.1 Å². The van der Waals surface area contributed by atoms with Crippen LogP contribution in [-0.2, 0) is 14.4 Å². The summed E-state index contributed by atoms with van der Waals surface area (Å²) in [6.07, 6.45) is 3.60. The number of nitrogens with one attached hydrogen (secondary N) is 4. The number of carbonyl (C=O) groups is 3. The molecule has 0 spiro atoms. The summed E-state index contributed by atoms with van der Waals surface area (Å²) in [6, 6.07) is 0. The normalized spacial score (nSPS) is 8.83. The van der Waals surface area contributed by atoms with Gasteiger partial charge < -0.3 is 26.4 Å². The topological polar surface area (TPSA) is 120 Å². The number of amides is 2. The molecule has 0 atom stereocenters. The number of aliphatic carboxylic acids is 1. The third kappa shape index (κ3) is 26.1. The fraction of sp³-hybridized carbons (Fsp3) is 0.769. The molecule has 2 amide bonds. The van der Waals surface area contributed by atoms with E-state index in [4.69, 9.17) is 5.11 Å². The van der Waals surface area contributed by atoms with E-state index in [1.54, 1.807) is 0 Å². The number of carboxylic acid groups (broad SMARTS) is 1. The Kier molecular flexibility index (Phi) is 31.6. The lowest BCUT2D eigenvalue weighted by atomic mass is 10.2. The van der Waals surface area contributed by atoms with Crippen LogP contribution in [0, 0.1) is 0 Å². The van der Waals surface area contributed by atoms with Crippen molar-refractivity contribution in [1.82, 2.24) is 21.3 Å². The minimum absolute atomic E-state index is 0. The molecule has 146 valence electrons. The third-order valence-corrected chi connectivity index (χ3v) is 2.68. The molecule has 0 unspecified atom stereocenters. The summed E-state index contributed by atoms with van der Waals surface area (Å²) in [4.78, 5) is 31.6. The van der Waals surface area contributed by atoms with Crippen LogP contribution in [0.5, 0.6) is 0 Å². The van der Waals surface area contributed by atoms with Gasteiger partial charge in [0, 0.05) is 32.6 Å². The number of hydrogen-bond acceptors (Lipinski definition) is 5. The first-order valence-electron chi connectivity index (χ1n) is 7.23. The second-order valence-corrected chi connectivity index (χ2v) is 4.55. The van der Waals surface area contributed by atoms with Crippen LogP contribution < -0.4 is 21.3 Å². The fourth-order valence-electron chi connectivity index (χ4n) is 1.59. The predicted octanol–water partition coefficient (Wildman–Crippen LogP) is 0.286. The molecule has 0 saturated carbocycles. The van der Waals surface area contributed by atoms with Crippen LogP contribution in [0.15, 0.2) is 0 Å². The Hall–Kier alpha value is -0.800. The summed E-state index contributed by atoms with van der Waals surface area (Å²) in [7, 11) is 0. The zero-order chi connectivity index (χ0) is 15.8. The van der Waals surface area contributed by atoms with E-state index in [9.17, 15) is 14.4 Å². The van der Waals surface area contributed by atoms with Gasteiger partial charge in [-0.3, -0.25) is 14.4 Å². The zero-order valence-electron chi connectivity index (χ0n) is 13.5. The van der Waals surface area contributed by atoms with Crippen LogP contribution in [0.4, 0.5) is 0 Å². The van der Waals surface area contributed by atoms with Gasteiger partial charge in [-0.2, -0.15) is 0 Å². The molecule has 0 radical (unpaired) electrons. The maximum atomic E-state index is 11.4. The first-order chi connectivity index (χ1) is 10.2. The van der Waals surface area contributed by atoms with Gasteiger partial charge in [-0.25, -0.2) is 0 Å². The summed E-state index contributed by atoms with van der Waals surface area (Å²) in [5.41, 5.74) is 0. The number of unbranched alkanes of at least 4 members (excludes halogenated alkanes) is 1. The smallest absolute Gasteiger partial charge is 0.303 e. The molecule has 0 aromatic heterocycles. The Bertz CT molecular complexity index is 313. The number of hydrogen-bond donors (Lipinski definition) is 5. The maximum absolute atomic E-state index is 11.4. The molecule has 0 rings (SSSR count). The fourth-order valence-corrected chi connectivity index (χ4v) is 1.59. The molecule has 8 nitrogen and oxygen atoms in total. The average Bonchev–Trinajstić information content (AvgIpc) is 2.45. The molecule has 24 heavy (non-hydrogen) atoms. The molecular weight excluding hydrogens is 383 g/mol. The van der Waals surface area contributed by atoms with Crippen molar-refractivity contribution in [3.05, 3.63) is 0 Å². The van der Waals surface area contributed by atoms with Crippen molar-refractivity contribution in [2.75, 3.05) is 32.8 Å². The van der Waals surface area contributed by atoms with E-state index in [1.807, 2.05) is 0 Å². The van der Waals surface area contributed by atoms with E-state index in [-0.39, 0.29) is 49.5 Å². The van der Waals surface area contributed by atoms with E-state index < -0.39 is 5.97 Å². The van der Waals surface area contributed by atoms with Crippen LogP contribution in [0.3, 0.4) is 0 Å². The van der Waals surface area contributed by atoms with E-state index in [2.05, 4.69) is 21.3 Å². The first kappa shape index (κ1) is 31.0. The lowest BCUT2D eigenvalue weighted by Gasteiger charge is -2.07. The number of halogens is 3. The highest BCUT2D eigenvalue weighted by molar-refractivity contribution is 5.86. The van der Waals surface area contributed by atoms with Crippen LogP contribution in [0.1, 0.15) is 32.1 Å². The van der Waals surface area contributed by atoms with Crippen molar-refractivity contribution >= 4 is 55.5 Å². The predicted molar refractivity (Wildman–Crippen MR) is 100 cm³/mol. The second kappa shape index (κ2) is 24.5. The van der Waals surface area contributed by atoms with Crippen molar-refractivity contribution in [1.29, 1.82) is 0 Å². The molecule has 0 fully saturated rings. The highest BCUT2D eigenvalue weighted by Crippen LogP contribution is 1.93. The van der Waals surface area contributed by atoms with Crippen molar-refractivity contribution in [2.24, 2.45) is 0 Å². The van der Waals surface area contributed by atoms with Crippen molar-refractivity contribution in [3.63, 3.8) is 0 Å². The van der Waals surface area contributed by atoms with Crippen LogP contribution in [-0.4, -0.2) is 56.2 Å². The van der Waals surface area contributed by atoms with Gasteiger partial charge in [0.25, 0.3) is 0 Å². The molecule has 11 heteroatoms. The van der Waals surface area contributed by atoms with E-state index in [1.165, 1.54) is 0 Å². The third-order valence-electron chi connectivity index (χ3n) is 2.68. The van der Waals surface area contributed by atoms with Crippen LogP contribution >= 0.6 is 37.2 Å². The Morgan fingerprint density at radius 1 is 0.833 bits per heavy atom. The lowest BCUT2D eigenvalue weighted by Crippen LogP contribution is -2.32. The summed E-state index contributed by atoms with van der Waals surface area (Å²) in [5, 5.41) is 19.9. The molecule has 0 aromatic rings. The summed E-state index contributed by atoms with van der Waals surface area (Å²) >= 11 is 0. The summed E-state index contributed by atoms with van der Waals surface area (Å²) in [5.74, 6) is -0.778. The Balaban J connectivity index is -0.000000667. The largest absolute Gasteiger partial charge is 0.481 e. The average molecular weight is 412 g/mol. The zero-order valence-corrected chi connectivity index (χ0v) is 16.0. The molecule has 0 saturated heterocycles. The van der Waals surface area contributed by atoms with Gasteiger partial charge >= 0.3 is 5.97 Å². The summed E-state index contributed by atoms with van der Waals surface area (Å²) < 4.78 is 0. The van der Waals surface area contributed by atoms with Gasteiger partial charge in [-0.05, 0) is 32.4 Å². The molecule has 0 aromatic carbocycles. The van der Waals surface area contributed by atoms with Gasteiger partial charge in [0.05, 0.1) is 0 Å². The minimum Gasteiger partial charge on any atom is -0.481 e. The van der Waals surface area contributed by atoms with Crippen molar-refractivity contribution in [3.8, 4) is 0 Å². The maximum Gasteiger partial charge on any atom is 0.303 e. The highest BCUT2D eigenvalue weighted by atomic mass is 35.5. The van der Waals surface area contributed by atoms with Crippen LogP contribution in [0.25, 0.3) is 0 Å². The highest BCUT2D eigenvalue weighted by Gasteiger charge is 1.99.